The SMILES string of the molecule is CC(=O)O[C@H]1[C@@H]2O[C@@]3(C(C)(C)O)CC[C@](C)(O3)[C@@H]2[C@@]2(C)CC[C@@]34C[C@@]35CC[C@H](O[C@@H]3OC[C@@H](O)[C@H](O)[C@H]3O)C(C)(C)[C@H]5CC[C@H]4[C@]12C. The lowest BCUT2D eigenvalue weighted by molar-refractivity contribution is -0.388. The molecule has 0 aromatic heterocycles. The molecule has 2 spiro atoms. The fourth-order valence-electron chi connectivity index (χ4n) is 14.2. The second-order valence-electron chi connectivity index (χ2n) is 18.9. The maximum atomic E-state index is 12.9. The zero-order chi connectivity index (χ0) is 34.0. The monoisotopic (exact) mass is 662 g/mol. The molecule has 47 heavy (non-hydrogen) atoms. The van der Waals surface area contributed by atoms with Gasteiger partial charge in [-0.15, -0.1) is 0 Å². The topological polar surface area (TPSA) is 144 Å². The van der Waals surface area contributed by atoms with Crippen molar-refractivity contribution in [2.24, 2.45) is 44.8 Å². The number of carbonyl (C=O) groups excluding carboxylic acids is 1. The number of aliphatic hydroxyl groups is 4. The van der Waals surface area contributed by atoms with Crippen molar-refractivity contribution in [3.05, 3.63) is 0 Å². The van der Waals surface area contributed by atoms with E-state index in [2.05, 4.69) is 34.6 Å². The highest BCUT2D eigenvalue weighted by atomic mass is 16.7. The average molecular weight is 663 g/mol. The Labute approximate surface area is 279 Å². The van der Waals surface area contributed by atoms with Crippen molar-refractivity contribution in [2.45, 2.75) is 173 Å². The van der Waals surface area contributed by atoms with Crippen LogP contribution in [0.5, 0.6) is 0 Å². The maximum absolute atomic E-state index is 12.9. The van der Waals surface area contributed by atoms with E-state index in [4.69, 9.17) is 23.7 Å². The average Bonchev–Trinajstić information content (AvgIpc) is 3.49. The molecule has 4 N–H and O–H groups in total. The van der Waals surface area contributed by atoms with Crippen LogP contribution in [0.3, 0.4) is 0 Å². The Bertz CT molecular complexity index is 1330. The Balaban J connectivity index is 1.13. The van der Waals surface area contributed by atoms with Crippen LogP contribution >= 0.6 is 0 Å². The standard InChI is InChI=1S/C37H58O10/c1-19(38)44-28-26-27(33(7)14-16-37(46-26,47-33)31(4,5)42)32(6)13-15-36-18-35(36)12-11-23(45-29-25(41)24(40)20(39)17-43-29)30(2,3)21(35)9-10-22(36)34(28,32)8/h20-29,39-42H,9-18H2,1-8H3/t20-,21-,22+,23+,24+,25-,26-,27+,28+,29+,32-,33+,34-,35-,36+,37+/m1/s1. The second kappa shape index (κ2) is 9.72. The number of fused-ring (bicyclic) bond motifs is 7. The lowest BCUT2D eigenvalue weighted by Gasteiger charge is -2.64. The molecule has 8 fully saturated rings. The summed E-state index contributed by atoms with van der Waals surface area (Å²) in [4.78, 5) is 12.9. The summed E-state index contributed by atoms with van der Waals surface area (Å²) >= 11 is 0. The molecule has 0 aromatic rings. The first-order valence-electron chi connectivity index (χ1n) is 18.3. The Morgan fingerprint density at radius 1 is 0.872 bits per heavy atom. The number of ether oxygens (including phenoxy) is 5. The van der Waals surface area contributed by atoms with E-state index in [-0.39, 0.29) is 57.8 Å². The molecule has 0 unspecified atom stereocenters. The summed E-state index contributed by atoms with van der Waals surface area (Å²) in [7, 11) is 0. The van der Waals surface area contributed by atoms with Gasteiger partial charge in [0, 0.05) is 24.7 Å². The number of hydrogen-bond acceptors (Lipinski definition) is 10. The van der Waals surface area contributed by atoms with E-state index < -0.39 is 47.7 Å². The summed E-state index contributed by atoms with van der Waals surface area (Å²) in [5.74, 6) is -0.632. The second-order valence-corrected chi connectivity index (χ2v) is 18.9. The molecule has 3 aliphatic heterocycles. The molecule has 0 aromatic carbocycles. The van der Waals surface area contributed by atoms with Gasteiger partial charge in [0.25, 0.3) is 0 Å². The molecule has 10 nitrogen and oxygen atoms in total. The van der Waals surface area contributed by atoms with Crippen LogP contribution in [-0.4, -0.2) is 92.9 Å². The van der Waals surface area contributed by atoms with Crippen molar-refractivity contribution in [3.63, 3.8) is 0 Å². The molecule has 8 aliphatic rings. The first kappa shape index (κ1) is 33.3. The molecular formula is C37H58O10. The highest BCUT2D eigenvalue weighted by molar-refractivity contribution is 5.66. The fourth-order valence-corrected chi connectivity index (χ4v) is 14.2. The van der Waals surface area contributed by atoms with Gasteiger partial charge in [-0.3, -0.25) is 4.79 Å². The third-order valence-electron chi connectivity index (χ3n) is 16.4. The van der Waals surface area contributed by atoms with Crippen LogP contribution < -0.4 is 0 Å². The van der Waals surface area contributed by atoms with Gasteiger partial charge in [-0.05, 0) is 106 Å². The third-order valence-corrected chi connectivity index (χ3v) is 16.4. The number of rotatable bonds is 4. The van der Waals surface area contributed by atoms with E-state index in [1.807, 2.05) is 0 Å². The number of hydrogen-bond donors (Lipinski definition) is 4. The molecular weight excluding hydrogens is 604 g/mol. The Morgan fingerprint density at radius 3 is 2.23 bits per heavy atom. The zero-order valence-corrected chi connectivity index (χ0v) is 29.6. The number of aliphatic hydroxyl groups excluding tert-OH is 3. The van der Waals surface area contributed by atoms with E-state index in [0.717, 1.165) is 51.4 Å². The van der Waals surface area contributed by atoms with E-state index in [1.54, 1.807) is 13.8 Å². The predicted octanol–water partition coefficient (Wildman–Crippen LogP) is 3.84. The minimum atomic E-state index is -1.30. The molecule has 5 saturated carbocycles. The summed E-state index contributed by atoms with van der Waals surface area (Å²) in [5.41, 5.74) is -2.14. The van der Waals surface area contributed by atoms with Crippen LogP contribution in [0.25, 0.3) is 0 Å². The minimum absolute atomic E-state index is 0.0310. The van der Waals surface area contributed by atoms with Crippen molar-refractivity contribution >= 4 is 5.97 Å². The van der Waals surface area contributed by atoms with Gasteiger partial charge < -0.3 is 44.1 Å². The Hall–Kier alpha value is -0.850. The Morgan fingerprint density at radius 2 is 1.55 bits per heavy atom. The molecule has 10 heteroatoms. The van der Waals surface area contributed by atoms with E-state index in [1.165, 1.54) is 6.92 Å². The molecule has 16 atom stereocenters. The quantitative estimate of drug-likeness (QED) is 0.259. The third kappa shape index (κ3) is 3.88. The smallest absolute Gasteiger partial charge is 0.303 e. The molecule has 2 bridgehead atoms. The van der Waals surface area contributed by atoms with Crippen LogP contribution in [0.4, 0.5) is 0 Å². The molecule has 3 heterocycles. The zero-order valence-electron chi connectivity index (χ0n) is 29.6. The van der Waals surface area contributed by atoms with Gasteiger partial charge in [-0.25, -0.2) is 0 Å². The van der Waals surface area contributed by atoms with Crippen LogP contribution in [0.1, 0.15) is 113 Å². The summed E-state index contributed by atoms with van der Waals surface area (Å²) in [6.45, 7) is 16.6. The lowest BCUT2D eigenvalue weighted by Crippen LogP contribution is -2.63. The highest BCUT2D eigenvalue weighted by Gasteiger charge is 2.87. The number of esters is 1. The highest BCUT2D eigenvalue weighted by Crippen LogP contribution is 2.90. The van der Waals surface area contributed by atoms with E-state index in [0.29, 0.717) is 18.3 Å². The van der Waals surface area contributed by atoms with Crippen molar-refractivity contribution < 1.29 is 48.9 Å². The molecule has 5 aliphatic carbocycles. The molecule has 266 valence electrons. The largest absolute Gasteiger partial charge is 0.459 e. The van der Waals surface area contributed by atoms with Crippen LogP contribution in [0.15, 0.2) is 0 Å². The Kier molecular flexibility index (Phi) is 6.89. The van der Waals surface area contributed by atoms with Crippen LogP contribution in [0.2, 0.25) is 0 Å². The van der Waals surface area contributed by atoms with Gasteiger partial charge >= 0.3 is 5.97 Å². The normalized spacial score (nSPS) is 58.8. The van der Waals surface area contributed by atoms with Gasteiger partial charge in [-0.1, -0.05) is 27.7 Å². The molecule has 8 rings (SSSR count). The molecule has 0 amide bonds. The van der Waals surface area contributed by atoms with E-state index >= 15 is 0 Å². The van der Waals surface area contributed by atoms with Crippen molar-refractivity contribution in [1.29, 1.82) is 0 Å². The van der Waals surface area contributed by atoms with Crippen molar-refractivity contribution in [2.75, 3.05) is 6.61 Å². The van der Waals surface area contributed by atoms with Crippen LogP contribution in [-0.2, 0) is 28.5 Å². The van der Waals surface area contributed by atoms with Crippen molar-refractivity contribution in [3.8, 4) is 0 Å². The fraction of sp³-hybridized carbons (Fsp3) is 0.973. The predicted molar refractivity (Wildman–Crippen MR) is 168 cm³/mol. The molecule has 0 radical (unpaired) electrons. The van der Waals surface area contributed by atoms with Gasteiger partial charge in [0.05, 0.1) is 18.3 Å². The van der Waals surface area contributed by atoms with Gasteiger partial charge in [0.2, 0.25) is 0 Å². The van der Waals surface area contributed by atoms with Crippen molar-refractivity contribution in [1.82, 2.24) is 0 Å². The first-order chi connectivity index (χ1) is 21.7. The maximum Gasteiger partial charge on any atom is 0.303 e. The number of carbonyl (C=O) groups is 1. The molecule has 3 saturated heterocycles. The van der Waals surface area contributed by atoms with Gasteiger partial charge in [0.15, 0.2) is 12.1 Å². The minimum Gasteiger partial charge on any atom is -0.459 e. The summed E-state index contributed by atoms with van der Waals surface area (Å²) in [5, 5.41) is 42.3. The summed E-state index contributed by atoms with van der Waals surface area (Å²) < 4.78 is 32.5. The first-order valence-corrected chi connectivity index (χ1v) is 18.3. The van der Waals surface area contributed by atoms with E-state index in [9.17, 15) is 25.2 Å². The van der Waals surface area contributed by atoms with Gasteiger partial charge in [-0.2, -0.15) is 0 Å². The van der Waals surface area contributed by atoms with Crippen LogP contribution in [0, 0.1) is 44.8 Å². The summed E-state index contributed by atoms with van der Waals surface area (Å²) in [6.07, 6.45) is 2.97. The van der Waals surface area contributed by atoms with Gasteiger partial charge in [0.1, 0.15) is 36.1 Å². The summed E-state index contributed by atoms with van der Waals surface area (Å²) in [6, 6.07) is 0. The lowest BCUT2D eigenvalue weighted by atomic mass is 9.41.